The molecule has 1 saturated heterocycles. The fraction of sp³-hybridized carbons (Fsp3) is 0.333. The molecule has 5 aromatic heterocycles. The van der Waals surface area contributed by atoms with Crippen LogP contribution in [-0.4, -0.2) is 67.4 Å². The second-order valence-corrected chi connectivity index (χ2v) is 12.4. The predicted molar refractivity (Wildman–Crippen MR) is 176 cm³/mol. The van der Waals surface area contributed by atoms with Gasteiger partial charge in [0.1, 0.15) is 35.1 Å². The molecule has 2 N–H and O–H groups in total. The van der Waals surface area contributed by atoms with E-state index in [9.17, 15) is 4.39 Å². The Bertz CT molecular complexity index is 1990. The number of aromatic nitrogens is 6. The highest BCUT2D eigenvalue weighted by Gasteiger charge is 2.19. The maximum atomic E-state index is 14.8. The summed E-state index contributed by atoms with van der Waals surface area (Å²) in [5, 5.41) is 8.65. The highest BCUT2D eigenvalue weighted by molar-refractivity contribution is 6.00. The smallest absolute Gasteiger partial charge is 0.138 e. The van der Waals surface area contributed by atoms with Crippen LogP contribution >= 0.6 is 0 Å². The summed E-state index contributed by atoms with van der Waals surface area (Å²) in [4.78, 5) is 19.8. The van der Waals surface area contributed by atoms with Crippen LogP contribution in [0.25, 0.3) is 55.7 Å². The monoisotopic (exact) mass is 617 g/mol. The van der Waals surface area contributed by atoms with Gasteiger partial charge in [0, 0.05) is 41.5 Å². The van der Waals surface area contributed by atoms with Gasteiger partial charge >= 0.3 is 0 Å². The van der Waals surface area contributed by atoms with Crippen LogP contribution in [0.2, 0.25) is 0 Å². The second-order valence-electron chi connectivity index (χ2n) is 12.4. The van der Waals surface area contributed by atoms with Crippen molar-refractivity contribution in [2.24, 2.45) is 0 Å². The lowest BCUT2D eigenvalue weighted by atomic mass is 9.98. The van der Waals surface area contributed by atoms with Crippen LogP contribution in [0.15, 0.2) is 67.3 Å². The molecule has 1 aromatic carbocycles. The number of benzene rings is 1. The van der Waals surface area contributed by atoms with Crippen LogP contribution in [-0.2, 0) is 0 Å². The minimum atomic E-state index is -0.348. The molecule has 1 saturated carbocycles. The first kappa shape index (κ1) is 28.6. The van der Waals surface area contributed by atoms with Gasteiger partial charge in [-0.1, -0.05) is 6.42 Å². The summed E-state index contributed by atoms with van der Waals surface area (Å²) in [6, 6.07) is 12.8. The molecule has 2 aliphatic rings. The van der Waals surface area contributed by atoms with Gasteiger partial charge in [0.05, 0.1) is 40.9 Å². The molecule has 0 amide bonds. The van der Waals surface area contributed by atoms with Gasteiger partial charge < -0.3 is 14.5 Å². The molecule has 6 aromatic rings. The molecular weight excluding hydrogens is 581 g/mol. The Morgan fingerprint density at radius 3 is 2.57 bits per heavy atom. The van der Waals surface area contributed by atoms with Gasteiger partial charge in [-0.3, -0.25) is 20.0 Å². The molecule has 0 unspecified atom stereocenters. The Morgan fingerprint density at radius 1 is 0.826 bits per heavy atom. The van der Waals surface area contributed by atoms with E-state index in [4.69, 9.17) is 14.5 Å². The molecule has 0 atom stereocenters. The van der Waals surface area contributed by atoms with Gasteiger partial charge in [0.15, 0.2) is 0 Å². The van der Waals surface area contributed by atoms with Crippen molar-refractivity contribution in [1.82, 2.24) is 35.0 Å². The third-order valence-corrected chi connectivity index (χ3v) is 9.13. The largest absolute Gasteiger partial charge is 0.492 e. The summed E-state index contributed by atoms with van der Waals surface area (Å²) in [5.41, 5.74) is 7.02. The average molecular weight is 618 g/mol. The highest BCUT2D eigenvalue weighted by Crippen LogP contribution is 2.35. The number of fused-ring (bicyclic) bond motifs is 2. The minimum Gasteiger partial charge on any atom is -0.492 e. The van der Waals surface area contributed by atoms with Crippen molar-refractivity contribution >= 4 is 21.9 Å². The van der Waals surface area contributed by atoms with E-state index < -0.39 is 0 Å². The molecule has 0 bridgehead atoms. The molecule has 1 aliphatic carbocycles. The van der Waals surface area contributed by atoms with Crippen molar-refractivity contribution in [2.45, 2.75) is 51.0 Å². The van der Waals surface area contributed by atoms with E-state index in [-0.39, 0.29) is 11.9 Å². The van der Waals surface area contributed by atoms with Crippen LogP contribution in [0.1, 0.15) is 44.9 Å². The van der Waals surface area contributed by atoms with Crippen molar-refractivity contribution in [3.05, 3.63) is 73.1 Å². The molecule has 0 spiro atoms. The van der Waals surface area contributed by atoms with Gasteiger partial charge in [0.2, 0.25) is 0 Å². The normalized spacial score (nSPS) is 16.0. The Morgan fingerprint density at radius 2 is 1.67 bits per heavy atom. The first-order valence-electron chi connectivity index (χ1n) is 16.3. The number of nitrogens with zero attached hydrogens (tertiary/aromatic N) is 5. The van der Waals surface area contributed by atoms with Crippen molar-refractivity contribution in [3.63, 3.8) is 0 Å². The van der Waals surface area contributed by atoms with Crippen LogP contribution in [0.3, 0.4) is 0 Å². The predicted octanol–water partition coefficient (Wildman–Crippen LogP) is 7.56. The molecule has 46 heavy (non-hydrogen) atoms. The number of ether oxygens (including phenoxy) is 2. The van der Waals surface area contributed by atoms with Crippen LogP contribution in [0, 0.1) is 5.82 Å². The first-order valence-corrected chi connectivity index (χ1v) is 16.3. The summed E-state index contributed by atoms with van der Waals surface area (Å²) in [6.45, 7) is 3.56. The van der Waals surface area contributed by atoms with E-state index in [2.05, 4.69) is 30.0 Å². The lowest BCUT2D eigenvalue weighted by Crippen LogP contribution is -2.25. The van der Waals surface area contributed by atoms with Crippen molar-refractivity contribution in [3.8, 4) is 45.3 Å². The number of aromatic amines is 2. The van der Waals surface area contributed by atoms with Crippen LogP contribution in [0.5, 0.6) is 11.5 Å². The zero-order valence-corrected chi connectivity index (χ0v) is 25.6. The van der Waals surface area contributed by atoms with Gasteiger partial charge in [-0.25, -0.2) is 9.37 Å². The maximum Gasteiger partial charge on any atom is 0.138 e. The van der Waals surface area contributed by atoms with Crippen molar-refractivity contribution in [1.29, 1.82) is 0 Å². The average Bonchev–Trinajstić information content (AvgIpc) is 3.85. The van der Waals surface area contributed by atoms with Gasteiger partial charge in [-0.15, -0.1) is 0 Å². The van der Waals surface area contributed by atoms with Gasteiger partial charge in [-0.05, 0) is 93.6 Å². The molecular formula is C36H36FN7O2. The van der Waals surface area contributed by atoms with E-state index >= 15 is 0 Å². The Labute approximate surface area is 266 Å². The zero-order chi connectivity index (χ0) is 30.9. The number of hydrogen-bond donors (Lipinski definition) is 2. The van der Waals surface area contributed by atoms with E-state index in [1.807, 2.05) is 36.5 Å². The molecule has 10 heteroatoms. The number of H-pyrrole nitrogens is 2. The topological polar surface area (TPSA) is 105 Å². The van der Waals surface area contributed by atoms with E-state index in [1.165, 1.54) is 44.2 Å². The number of rotatable bonds is 9. The van der Waals surface area contributed by atoms with Gasteiger partial charge in [0.25, 0.3) is 0 Å². The second kappa shape index (κ2) is 12.5. The SMILES string of the molecule is Fc1cc(OCCN2CCCC2)cc(-c2cncc3[nH]c(-c4n[nH]c5ccc(-c6cncc(OC7CCCCC7)c6)nc45)cc23)c1. The first-order chi connectivity index (χ1) is 22.7. The molecule has 234 valence electrons. The number of pyridine rings is 3. The standard InChI is InChI=1S/C36H36FN7O2/c37-25-14-23(15-27(17-25)45-13-12-44-10-4-5-11-44)30-21-39-22-34-29(30)18-33(40-34)36-35-32(42-43-36)9-8-31(41-35)24-16-28(20-38-19-24)46-26-6-2-1-3-7-26/h8-9,14-22,26,40H,1-7,10-13H2,(H,42,43). The van der Waals surface area contributed by atoms with Crippen molar-refractivity contribution < 1.29 is 13.9 Å². The summed E-state index contributed by atoms with van der Waals surface area (Å²) >= 11 is 0. The molecule has 9 nitrogen and oxygen atoms in total. The number of nitrogens with one attached hydrogen (secondary N) is 2. The molecule has 8 rings (SSSR count). The fourth-order valence-corrected chi connectivity index (χ4v) is 6.76. The molecule has 0 radical (unpaired) electrons. The summed E-state index contributed by atoms with van der Waals surface area (Å²) in [7, 11) is 0. The minimum absolute atomic E-state index is 0.245. The molecule has 6 heterocycles. The summed E-state index contributed by atoms with van der Waals surface area (Å²) < 4.78 is 27.1. The lowest BCUT2D eigenvalue weighted by molar-refractivity contribution is 0.154. The van der Waals surface area contributed by atoms with Crippen LogP contribution < -0.4 is 9.47 Å². The Kier molecular flexibility index (Phi) is 7.79. The Balaban J connectivity index is 1.08. The summed E-state index contributed by atoms with van der Waals surface area (Å²) in [5.74, 6) is 0.936. The third-order valence-electron chi connectivity index (χ3n) is 9.13. The number of likely N-dealkylation sites (tertiary alicyclic amines) is 1. The zero-order valence-electron chi connectivity index (χ0n) is 25.6. The molecule has 1 aliphatic heterocycles. The molecule has 2 fully saturated rings. The third kappa shape index (κ3) is 5.92. The van der Waals surface area contributed by atoms with E-state index in [0.29, 0.717) is 23.6 Å². The number of hydrogen-bond acceptors (Lipinski definition) is 7. The quantitative estimate of drug-likeness (QED) is 0.173. The maximum absolute atomic E-state index is 14.8. The van der Waals surface area contributed by atoms with Crippen LogP contribution in [0.4, 0.5) is 4.39 Å². The van der Waals surface area contributed by atoms with E-state index in [1.54, 1.807) is 18.6 Å². The highest BCUT2D eigenvalue weighted by atomic mass is 19.1. The van der Waals surface area contributed by atoms with Crippen molar-refractivity contribution in [2.75, 3.05) is 26.2 Å². The number of halogens is 1. The lowest BCUT2D eigenvalue weighted by Gasteiger charge is -2.22. The van der Waals surface area contributed by atoms with E-state index in [0.717, 1.165) is 82.7 Å². The summed E-state index contributed by atoms with van der Waals surface area (Å²) in [6.07, 6.45) is 15.7. The Hall–Kier alpha value is -4.83. The van der Waals surface area contributed by atoms with Gasteiger partial charge in [-0.2, -0.15) is 5.10 Å². The fourth-order valence-electron chi connectivity index (χ4n) is 6.76.